The summed E-state index contributed by atoms with van der Waals surface area (Å²) in [5.74, 6) is 1.05. The van der Waals surface area contributed by atoms with Crippen molar-refractivity contribution in [2.75, 3.05) is 0 Å². The van der Waals surface area contributed by atoms with Gasteiger partial charge in [-0.25, -0.2) is 5.43 Å². The SMILES string of the molecule is CC(=NNC(=O)c1ccoc1C)c1ccc(C2CCCCC2)cc1. The van der Waals surface area contributed by atoms with Gasteiger partial charge in [0.15, 0.2) is 0 Å². The highest BCUT2D eigenvalue weighted by molar-refractivity contribution is 6.01. The maximum atomic E-state index is 12.0. The van der Waals surface area contributed by atoms with Gasteiger partial charge in [0.25, 0.3) is 5.91 Å². The minimum Gasteiger partial charge on any atom is -0.469 e. The molecule has 1 aromatic heterocycles. The number of carbonyl (C=O) groups excluding carboxylic acids is 1. The Labute approximate surface area is 143 Å². The second-order valence-electron chi connectivity index (χ2n) is 6.49. The lowest BCUT2D eigenvalue weighted by Crippen LogP contribution is -2.19. The van der Waals surface area contributed by atoms with Crippen molar-refractivity contribution in [1.29, 1.82) is 0 Å². The van der Waals surface area contributed by atoms with Crippen molar-refractivity contribution < 1.29 is 9.21 Å². The number of hydrazone groups is 1. The van der Waals surface area contributed by atoms with Gasteiger partial charge < -0.3 is 4.42 Å². The fourth-order valence-electron chi connectivity index (χ4n) is 3.31. The van der Waals surface area contributed by atoms with Gasteiger partial charge in [0.2, 0.25) is 0 Å². The molecule has 1 saturated carbocycles. The summed E-state index contributed by atoms with van der Waals surface area (Å²) in [5, 5.41) is 4.21. The van der Waals surface area contributed by atoms with Gasteiger partial charge in [-0.3, -0.25) is 4.79 Å². The fourth-order valence-corrected chi connectivity index (χ4v) is 3.31. The summed E-state index contributed by atoms with van der Waals surface area (Å²) in [7, 11) is 0. The molecule has 1 fully saturated rings. The number of nitrogens with zero attached hydrogens (tertiary/aromatic N) is 1. The van der Waals surface area contributed by atoms with Crippen LogP contribution in [0.5, 0.6) is 0 Å². The van der Waals surface area contributed by atoms with E-state index in [0.717, 1.165) is 11.3 Å². The molecule has 1 aliphatic rings. The van der Waals surface area contributed by atoms with Crippen molar-refractivity contribution in [2.24, 2.45) is 5.10 Å². The Hall–Kier alpha value is -2.36. The van der Waals surface area contributed by atoms with Crippen molar-refractivity contribution in [3.63, 3.8) is 0 Å². The monoisotopic (exact) mass is 324 g/mol. The van der Waals surface area contributed by atoms with Crippen molar-refractivity contribution in [1.82, 2.24) is 5.43 Å². The molecule has 1 aromatic carbocycles. The Morgan fingerprint density at radius 3 is 2.46 bits per heavy atom. The van der Waals surface area contributed by atoms with Crippen LogP contribution in [0.1, 0.15) is 72.2 Å². The molecule has 24 heavy (non-hydrogen) atoms. The molecule has 2 aromatic rings. The van der Waals surface area contributed by atoms with Crippen LogP contribution in [0, 0.1) is 6.92 Å². The average Bonchev–Trinajstić information content (AvgIpc) is 3.06. The van der Waals surface area contributed by atoms with Gasteiger partial charge >= 0.3 is 0 Å². The molecule has 1 amide bonds. The van der Waals surface area contributed by atoms with Crippen LogP contribution in [0.4, 0.5) is 0 Å². The number of rotatable bonds is 4. The van der Waals surface area contributed by atoms with Gasteiger partial charge in [0.1, 0.15) is 5.76 Å². The molecule has 1 N–H and O–H groups in total. The lowest BCUT2D eigenvalue weighted by Gasteiger charge is -2.22. The molecule has 0 radical (unpaired) electrons. The molecular weight excluding hydrogens is 300 g/mol. The van der Waals surface area contributed by atoms with E-state index in [2.05, 4.69) is 34.8 Å². The summed E-state index contributed by atoms with van der Waals surface area (Å²) < 4.78 is 5.14. The summed E-state index contributed by atoms with van der Waals surface area (Å²) in [6, 6.07) is 10.2. The Balaban J connectivity index is 1.65. The molecule has 0 saturated heterocycles. The van der Waals surface area contributed by atoms with Gasteiger partial charge in [-0.2, -0.15) is 5.10 Å². The molecule has 0 aliphatic heterocycles. The Morgan fingerprint density at radius 1 is 1.12 bits per heavy atom. The van der Waals surface area contributed by atoms with E-state index in [0.29, 0.717) is 17.2 Å². The molecule has 1 heterocycles. The second-order valence-corrected chi connectivity index (χ2v) is 6.49. The van der Waals surface area contributed by atoms with E-state index in [1.807, 2.05) is 6.92 Å². The van der Waals surface area contributed by atoms with Crippen molar-refractivity contribution in [3.8, 4) is 0 Å². The van der Waals surface area contributed by atoms with E-state index < -0.39 is 0 Å². The lowest BCUT2D eigenvalue weighted by atomic mass is 9.84. The van der Waals surface area contributed by atoms with E-state index in [1.54, 1.807) is 13.0 Å². The maximum Gasteiger partial charge on any atom is 0.274 e. The van der Waals surface area contributed by atoms with Gasteiger partial charge in [-0.1, -0.05) is 43.5 Å². The fraction of sp³-hybridized carbons (Fsp3) is 0.400. The molecule has 0 atom stereocenters. The largest absolute Gasteiger partial charge is 0.469 e. The highest BCUT2D eigenvalue weighted by Gasteiger charge is 2.15. The summed E-state index contributed by atoms with van der Waals surface area (Å²) in [5.41, 5.74) is 6.34. The molecule has 0 spiro atoms. The first-order valence-electron chi connectivity index (χ1n) is 8.64. The number of aryl methyl sites for hydroxylation is 1. The third-order valence-corrected chi connectivity index (χ3v) is 4.83. The van der Waals surface area contributed by atoms with Crippen molar-refractivity contribution in [3.05, 3.63) is 59.0 Å². The van der Waals surface area contributed by atoms with Gasteiger partial charge in [-0.15, -0.1) is 0 Å². The zero-order valence-electron chi connectivity index (χ0n) is 14.3. The molecule has 4 nitrogen and oxygen atoms in total. The topological polar surface area (TPSA) is 54.6 Å². The van der Waals surface area contributed by atoms with Crippen LogP contribution in [0.15, 0.2) is 46.1 Å². The number of benzene rings is 1. The molecular formula is C20H24N2O2. The smallest absolute Gasteiger partial charge is 0.274 e. The Kier molecular flexibility index (Phi) is 5.14. The normalized spacial score (nSPS) is 16.2. The van der Waals surface area contributed by atoms with E-state index in [4.69, 9.17) is 4.42 Å². The second kappa shape index (κ2) is 7.47. The highest BCUT2D eigenvalue weighted by Crippen LogP contribution is 2.32. The summed E-state index contributed by atoms with van der Waals surface area (Å²) in [4.78, 5) is 12.0. The summed E-state index contributed by atoms with van der Waals surface area (Å²) >= 11 is 0. The van der Waals surface area contributed by atoms with Crippen molar-refractivity contribution >= 4 is 11.6 Å². The van der Waals surface area contributed by atoms with Crippen LogP contribution < -0.4 is 5.43 Å². The first-order chi connectivity index (χ1) is 11.6. The minimum atomic E-state index is -0.251. The van der Waals surface area contributed by atoms with Crippen LogP contribution in [-0.2, 0) is 0 Å². The van der Waals surface area contributed by atoms with Gasteiger partial charge in [0.05, 0.1) is 17.5 Å². The predicted molar refractivity (Wildman–Crippen MR) is 95.4 cm³/mol. The standard InChI is InChI=1S/C20H24N2O2/c1-14(21-22-20(23)19-12-13-24-15(19)2)16-8-10-18(11-9-16)17-6-4-3-5-7-17/h8-13,17H,3-7H2,1-2H3,(H,22,23). The molecule has 1 aliphatic carbocycles. The number of hydrogen-bond donors (Lipinski definition) is 1. The van der Waals surface area contributed by atoms with E-state index in [9.17, 15) is 4.79 Å². The van der Waals surface area contributed by atoms with Gasteiger partial charge in [0, 0.05) is 0 Å². The number of carbonyl (C=O) groups is 1. The zero-order chi connectivity index (χ0) is 16.9. The van der Waals surface area contributed by atoms with Crippen LogP contribution in [-0.4, -0.2) is 11.6 Å². The van der Waals surface area contributed by atoms with Crippen LogP contribution >= 0.6 is 0 Å². The molecule has 3 rings (SSSR count). The first kappa shape index (κ1) is 16.5. The Morgan fingerprint density at radius 2 is 1.83 bits per heavy atom. The molecule has 0 unspecified atom stereocenters. The Bertz CT molecular complexity index is 722. The van der Waals surface area contributed by atoms with Crippen molar-refractivity contribution in [2.45, 2.75) is 51.9 Å². The molecule has 126 valence electrons. The van der Waals surface area contributed by atoms with Crippen LogP contribution in [0.2, 0.25) is 0 Å². The number of nitrogens with one attached hydrogen (secondary N) is 1. The summed E-state index contributed by atoms with van der Waals surface area (Å²) in [6.45, 7) is 3.66. The third kappa shape index (κ3) is 3.75. The first-order valence-corrected chi connectivity index (χ1v) is 8.64. The number of amides is 1. The molecule has 4 heteroatoms. The van der Waals surface area contributed by atoms with E-state index in [-0.39, 0.29) is 5.91 Å². The zero-order valence-corrected chi connectivity index (χ0v) is 14.3. The third-order valence-electron chi connectivity index (χ3n) is 4.83. The van der Waals surface area contributed by atoms with Crippen LogP contribution in [0.3, 0.4) is 0 Å². The van der Waals surface area contributed by atoms with Crippen LogP contribution in [0.25, 0.3) is 0 Å². The van der Waals surface area contributed by atoms with E-state index in [1.165, 1.54) is 43.9 Å². The maximum absolute atomic E-state index is 12.0. The highest BCUT2D eigenvalue weighted by atomic mass is 16.3. The predicted octanol–water partition coefficient (Wildman–Crippen LogP) is 4.79. The van der Waals surface area contributed by atoms with Gasteiger partial charge in [-0.05, 0) is 49.8 Å². The number of hydrogen-bond acceptors (Lipinski definition) is 3. The average molecular weight is 324 g/mol. The minimum absolute atomic E-state index is 0.251. The van der Waals surface area contributed by atoms with E-state index >= 15 is 0 Å². The quantitative estimate of drug-likeness (QED) is 0.649. The lowest BCUT2D eigenvalue weighted by molar-refractivity contribution is 0.0953. The molecule has 0 bridgehead atoms. The number of furan rings is 1. The summed E-state index contributed by atoms with van der Waals surface area (Å²) in [6.07, 6.45) is 8.15.